The topological polar surface area (TPSA) is 77.2 Å². The highest BCUT2D eigenvalue weighted by Gasteiger charge is 2.12. The molecule has 1 amide bonds. The van der Waals surface area contributed by atoms with Gasteiger partial charge in [-0.05, 0) is 72.1 Å². The predicted molar refractivity (Wildman–Crippen MR) is 135 cm³/mol. The van der Waals surface area contributed by atoms with Crippen LogP contribution in [0.25, 0.3) is 22.8 Å². The molecule has 0 spiro atoms. The zero-order valence-electron chi connectivity index (χ0n) is 18.5. The van der Waals surface area contributed by atoms with Crippen LogP contribution in [0.5, 0.6) is 11.5 Å². The smallest absolute Gasteiger partial charge is 0.258 e. The Labute approximate surface area is 212 Å². The first-order chi connectivity index (χ1) is 17.5. The Morgan fingerprint density at radius 2 is 1.69 bits per heavy atom. The second-order valence-corrected chi connectivity index (χ2v) is 9.70. The Balaban J connectivity index is 1.20. The second kappa shape index (κ2) is 10.7. The zero-order chi connectivity index (χ0) is 24.9. The predicted octanol–water partition coefficient (Wildman–Crippen LogP) is 7.27. The van der Waals surface area contributed by atoms with Crippen LogP contribution in [0.1, 0.15) is 0 Å². The Morgan fingerprint density at radius 3 is 2.42 bits per heavy atom. The van der Waals surface area contributed by atoms with Crippen LogP contribution in [0.4, 0.5) is 14.5 Å². The van der Waals surface area contributed by atoms with Crippen LogP contribution in [0.15, 0.2) is 93.0 Å². The van der Waals surface area contributed by atoms with Crippen LogP contribution in [-0.2, 0) is 4.79 Å². The summed E-state index contributed by atoms with van der Waals surface area (Å²) in [6.45, 7) is 0. The largest absolute Gasteiger partial charge is 0.457 e. The van der Waals surface area contributed by atoms with Gasteiger partial charge in [-0.15, -0.1) is 23.1 Å². The van der Waals surface area contributed by atoms with Gasteiger partial charge in [0.05, 0.1) is 9.96 Å². The maximum Gasteiger partial charge on any atom is 0.258 e. The highest BCUT2D eigenvalue weighted by atomic mass is 32.2. The normalized spacial score (nSPS) is 10.8. The summed E-state index contributed by atoms with van der Waals surface area (Å²) in [5.41, 5.74) is 2.07. The molecule has 6 nitrogen and oxygen atoms in total. The number of anilines is 1. The molecule has 0 unspecified atom stereocenters. The summed E-state index contributed by atoms with van der Waals surface area (Å²) >= 11 is 3.10. The van der Waals surface area contributed by atoms with E-state index in [4.69, 9.17) is 9.26 Å². The van der Waals surface area contributed by atoms with Crippen molar-refractivity contribution < 1.29 is 22.8 Å². The van der Waals surface area contributed by atoms with E-state index in [-0.39, 0.29) is 11.7 Å². The van der Waals surface area contributed by atoms with Crippen molar-refractivity contribution >= 4 is 34.7 Å². The molecule has 0 bridgehead atoms. The molecule has 1 N–H and O–H groups in total. The highest BCUT2D eigenvalue weighted by molar-refractivity contribution is 8.01. The maximum absolute atomic E-state index is 13.4. The van der Waals surface area contributed by atoms with E-state index in [9.17, 15) is 13.6 Å². The quantitative estimate of drug-likeness (QED) is 0.217. The van der Waals surface area contributed by atoms with Gasteiger partial charge in [-0.3, -0.25) is 4.79 Å². The Bertz CT molecular complexity index is 1470. The number of amides is 1. The molecule has 0 fully saturated rings. The molecule has 36 heavy (non-hydrogen) atoms. The molecule has 0 aliphatic heterocycles. The lowest BCUT2D eigenvalue weighted by Crippen LogP contribution is -2.13. The third-order valence-electron chi connectivity index (χ3n) is 4.92. The number of halogens is 2. The van der Waals surface area contributed by atoms with Gasteiger partial charge in [-0.1, -0.05) is 11.2 Å². The van der Waals surface area contributed by atoms with E-state index >= 15 is 0 Å². The van der Waals surface area contributed by atoms with Crippen LogP contribution in [0.3, 0.4) is 0 Å². The van der Waals surface area contributed by atoms with E-state index in [1.807, 2.05) is 17.5 Å². The molecule has 0 atom stereocenters. The minimum atomic E-state index is -0.980. The van der Waals surface area contributed by atoms with Crippen molar-refractivity contribution in [2.24, 2.45) is 0 Å². The third kappa shape index (κ3) is 5.78. The number of hydrogen-bond donors (Lipinski definition) is 1. The van der Waals surface area contributed by atoms with E-state index in [0.29, 0.717) is 40.0 Å². The summed E-state index contributed by atoms with van der Waals surface area (Å²) in [5, 5.41) is 8.87. The number of aromatic nitrogens is 2. The van der Waals surface area contributed by atoms with Crippen LogP contribution >= 0.6 is 23.1 Å². The number of nitrogens with zero attached hydrogens (tertiary/aromatic N) is 2. The molecule has 0 saturated carbocycles. The molecule has 2 aromatic heterocycles. The fourth-order valence-electron chi connectivity index (χ4n) is 3.18. The van der Waals surface area contributed by atoms with E-state index in [1.165, 1.54) is 17.8 Å². The van der Waals surface area contributed by atoms with Gasteiger partial charge in [0.25, 0.3) is 5.89 Å². The number of thiophene rings is 1. The van der Waals surface area contributed by atoms with Crippen molar-refractivity contribution in [3.05, 3.63) is 95.9 Å². The number of benzene rings is 3. The molecule has 5 aromatic rings. The lowest BCUT2D eigenvalue weighted by atomic mass is 10.2. The van der Waals surface area contributed by atoms with Crippen molar-refractivity contribution in [3.63, 3.8) is 0 Å². The van der Waals surface area contributed by atoms with E-state index in [0.717, 1.165) is 16.3 Å². The van der Waals surface area contributed by atoms with Crippen molar-refractivity contribution in [3.8, 4) is 34.3 Å². The van der Waals surface area contributed by atoms with E-state index < -0.39 is 11.6 Å². The molecule has 0 saturated heterocycles. The fraction of sp³-hybridized carbons (Fsp3) is 0.0385. The van der Waals surface area contributed by atoms with Gasteiger partial charge in [-0.2, -0.15) is 4.98 Å². The first-order valence-electron chi connectivity index (χ1n) is 10.7. The van der Waals surface area contributed by atoms with E-state index in [2.05, 4.69) is 15.5 Å². The lowest BCUT2D eigenvalue weighted by Gasteiger charge is -2.06. The number of rotatable bonds is 8. The Morgan fingerprint density at radius 1 is 0.944 bits per heavy atom. The first kappa shape index (κ1) is 23.7. The average molecular weight is 522 g/mol. The first-order valence-corrected chi connectivity index (χ1v) is 12.5. The van der Waals surface area contributed by atoms with Crippen LogP contribution in [0.2, 0.25) is 0 Å². The molecule has 3 aromatic carbocycles. The maximum atomic E-state index is 13.4. The molecule has 180 valence electrons. The zero-order valence-corrected chi connectivity index (χ0v) is 20.1. The highest BCUT2D eigenvalue weighted by Crippen LogP contribution is 2.28. The summed E-state index contributed by atoms with van der Waals surface area (Å²) in [6.07, 6.45) is 0. The summed E-state index contributed by atoms with van der Waals surface area (Å²) in [6, 6.07) is 21.2. The van der Waals surface area contributed by atoms with Gasteiger partial charge >= 0.3 is 0 Å². The van der Waals surface area contributed by atoms with Crippen molar-refractivity contribution in [2.45, 2.75) is 4.21 Å². The Kier molecular flexibility index (Phi) is 7.06. The lowest BCUT2D eigenvalue weighted by molar-refractivity contribution is -0.113. The van der Waals surface area contributed by atoms with Gasteiger partial charge in [0.15, 0.2) is 11.6 Å². The molecular weight excluding hydrogens is 504 g/mol. The van der Waals surface area contributed by atoms with Gasteiger partial charge in [0.2, 0.25) is 11.7 Å². The summed E-state index contributed by atoms with van der Waals surface area (Å²) in [7, 11) is 0. The van der Waals surface area contributed by atoms with E-state index in [1.54, 1.807) is 59.9 Å². The molecule has 0 aliphatic carbocycles. The SMILES string of the molecule is O=C(CSc1cccs1)Nc1ccc(-c2nc(-c3ccc(Oc4ccc(F)c(F)c4)cc3)no2)cc1. The van der Waals surface area contributed by atoms with Gasteiger partial charge in [0.1, 0.15) is 11.5 Å². The van der Waals surface area contributed by atoms with Crippen LogP contribution < -0.4 is 10.1 Å². The van der Waals surface area contributed by atoms with Crippen LogP contribution in [0, 0.1) is 11.6 Å². The number of hydrogen-bond acceptors (Lipinski definition) is 7. The summed E-state index contributed by atoms with van der Waals surface area (Å²) < 4.78 is 38.5. The number of carbonyl (C=O) groups is 1. The average Bonchev–Trinajstić information content (AvgIpc) is 3.59. The Hall–Kier alpha value is -4.02. The summed E-state index contributed by atoms with van der Waals surface area (Å²) in [5.74, 6) is -0.325. The minimum absolute atomic E-state index is 0.0850. The number of carbonyl (C=O) groups excluding carboxylic acids is 1. The fourth-order valence-corrected chi connectivity index (χ4v) is 4.77. The van der Waals surface area contributed by atoms with Crippen molar-refractivity contribution in [1.29, 1.82) is 0 Å². The molecular formula is C26H17F2N3O3S2. The third-order valence-corrected chi connectivity index (χ3v) is 7.05. The number of nitrogens with one attached hydrogen (secondary N) is 1. The van der Waals surface area contributed by atoms with Crippen LogP contribution in [-0.4, -0.2) is 21.8 Å². The molecule has 10 heteroatoms. The van der Waals surface area contributed by atoms with Gasteiger partial charge < -0.3 is 14.6 Å². The van der Waals surface area contributed by atoms with Gasteiger partial charge in [-0.25, -0.2) is 8.78 Å². The van der Waals surface area contributed by atoms with Crippen molar-refractivity contribution in [2.75, 3.05) is 11.1 Å². The number of thioether (sulfide) groups is 1. The molecule has 0 radical (unpaired) electrons. The molecule has 0 aliphatic rings. The van der Waals surface area contributed by atoms with Gasteiger partial charge in [0, 0.05) is 22.9 Å². The second-order valence-electron chi connectivity index (χ2n) is 7.47. The molecule has 2 heterocycles. The summed E-state index contributed by atoms with van der Waals surface area (Å²) in [4.78, 5) is 16.6. The monoisotopic (exact) mass is 521 g/mol. The molecule has 5 rings (SSSR count). The van der Waals surface area contributed by atoms with Crippen molar-refractivity contribution in [1.82, 2.24) is 10.1 Å². The standard InChI is InChI=1S/C26H17F2N3O3S2/c27-21-12-11-20(14-22(21)28)33-19-9-5-16(6-10-19)25-30-26(34-31-25)17-3-7-18(8-4-17)29-23(32)15-36-24-2-1-13-35-24/h1-14H,15H2,(H,29,32). The minimum Gasteiger partial charge on any atom is -0.457 e. The number of ether oxygens (including phenoxy) is 1.